The minimum Gasteiger partial charge on any atom is -0.495 e. The maximum Gasteiger partial charge on any atom is 0.152 e. The highest BCUT2D eigenvalue weighted by atomic mass is 32.2. The molecule has 100 valence electrons. The van der Waals surface area contributed by atoms with E-state index >= 15 is 0 Å². The molecule has 2 N–H and O–H groups in total. The Bertz CT molecular complexity index is 542. The fraction of sp³-hybridized carbons (Fsp3) is 0.500. The fourth-order valence-electron chi connectivity index (χ4n) is 2.30. The van der Waals surface area contributed by atoms with Crippen molar-refractivity contribution in [3.63, 3.8) is 0 Å². The van der Waals surface area contributed by atoms with Gasteiger partial charge in [-0.05, 0) is 18.6 Å². The molecule has 0 bridgehead atoms. The Morgan fingerprint density at radius 3 is 2.72 bits per heavy atom. The Hall–Kier alpha value is -1.43. The molecule has 1 heterocycles. The quantitative estimate of drug-likeness (QED) is 0.826. The molecule has 1 aromatic rings. The van der Waals surface area contributed by atoms with Crippen molar-refractivity contribution in [1.82, 2.24) is 0 Å². The summed E-state index contributed by atoms with van der Waals surface area (Å²) in [5, 5.41) is 0. The SMILES string of the molecule is COc1cccc(N(C)C2CCS(=O)(=O)C2)c1N. The van der Waals surface area contributed by atoms with Crippen molar-refractivity contribution < 1.29 is 13.2 Å². The standard InChI is InChI=1S/C12H18N2O3S/c1-14(9-6-7-18(15,16)8-9)10-4-3-5-11(17-2)12(10)13/h3-5,9H,6-8,13H2,1-2H3. The molecule has 1 atom stereocenters. The van der Waals surface area contributed by atoms with Crippen molar-refractivity contribution in [2.24, 2.45) is 0 Å². The molecule has 18 heavy (non-hydrogen) atoms. The summed E-state index contributed by atoms with van der Waals surface area (Å²) in [6, 6.07) is 5.51. The molecule has 0 saturated carbocycles. The number of nitrogens with two attached hydrogens (primary N) is 1. The van der Waals surface area contributed by atoms with Crippen molar-refractivity contribution in [1.29, 1.82) is 0 Å². The maximum absolute atomic E-state index is 11.5. The summed E-state index contributed by atoms with van der Waals surface area (Å²) in [5.74, 6) is 1.06. The molecule has 6 heteroatoms. The van der Waals surface area contributed by atoms with Gasteiger partial charge < -0.3 is 15.4 Å². The van der Waals surface area contributed by atoms with E-state index in [4.69, 9.17) is 10.5 Å². The number of anilines is 2. The average Bonchev–Trinajstić information content (AvgIpc) is 2.69. The monoisotopic (exact) mass is 270 g/mol. The van der Waals surface area contributed by atoms with Crippen molar-refractivity contribution in [3.05, 3.63) is 18.2 Å². The number of rotatable bonds is 3. The van der Waals surface area contributed by atoms with E-state index in [0.717, 1.165) is 5.69 Å². The third kappa shape index (κ3) is 2.38. The van der Waals surface area contributed by atoms with E-state index in [0.29, 0.717) is 17.9 Å². The van der Waals surface area contributed by atoms with E-state index in [1.807, 2.05) is 24.1 Å². The molecule has 0 aromatic heterocycles. The molecule has 0 spiro atoms. The summed E-state index contributed by atoms with van der Waals surface area (Å²) in [7, 11) is 0.546. The number of nitrogen functional groups attached to an aromatic ring is 1. The molecule has 2 rings (SSSR count). The zero-order valence-electron chi connectivity index (χ0n) is 10.6. The Labute approximate surface area is 107 Å². The molecule has 0 aliphatic carbocycles. The summed E-state index contributed by atoms with van der Waals surface area (Å²) in [4.78, 5) is 1.93. The molecule has 1 unspecified atom stereocenters. The van der Waals surface area contributed by atoms with Crippen LogP contribution in [0.15, 0.2) is 18.2 Å². The van der Waals surface area contributed by atoms with Gasteiger partial charge in [-0.25, -0.2) is 8.42 Å². The molecule has 1 aliphatic rings. The van der Waals surface area contributed by atoms with Gasteiger partial charge in [-0.2, -0.15) is 0 Å². The first-order chi connectivity index (χ1) is 8.44. The highest BCUT2D eigenvalue weighted by Crippen LogP contribution is 2.33. The Kier molecular flexibility index (Phi) is 3.38. The summed E-state index contributed by atoms with van der Waals surface area (Å²) in [6.07, 6.45) is 0.648. The molecule has 1 aromatic carbocycles. The minimum absolute atomic E-state index is 0.00981. The number of hydrogen-bond donors (Lipinski definition) is 1. The zero-order chi connectivity index (χ0) is 13.3. The van der Waals surface area contributed by atoms with Crippen LogP contribution in [-0.4, -0.2) is 40.1 Å². The van der Waals surface area contributed by atoms with Gasteiger partial charge in [0.15, 0.2) is 9.84 Å². The smallest absolute Gasteiger partial charge is 0.152 e. The van der Waals surface area contributed by atoms with Crippen molar-refractivity contribution in [2.45, 2.75) is 12.5 Å². The van der Waals surface area contributed by atoms with E-state index in [1.165, 1.54) is 0 Å². The number of ether oxygens (including phenoxy) is 1. The highest BCUT2D eigenvalue weighted by molar-refractivity contribution is 7.91. The summed E-state index contributed by atoms with van der Waals surface area (Å²) < 4.78 is 28.2. The van der Waals surface area contributed by atoms with Gasteiger partial charge in [0.1, 0.15) is 5.75 Å². The highest BCUT2D eigenvalue weighted by Gasteiger charge is 2.31. The van der Waals surface area contributed by atoms with Gasteiger partial charge in [0.2, 0.25) is 0 Å². The Morgan fingerprint density at radius 1 is 1.44 bits per heavy atom. The second kappa shape index (κ2) is 4.68. The van der Waals surface area contributed by atoms with Crippen LogP contribution in [0.5, 0.6) is 5.75 Å². The molecular weight excluding hydrogens is 252 g/mol. The Morgan fingerprint density at radius 2 is 2.17 bits per heavy atom. The normalized spacial score (nSPS) is 21.8. The van der Waals surface area contributed by atoms with Crippen LogP contribution in [0.1, 0.15) is 6.42 Å². The van der Waals surface area contributed by atoms with E-state index in [2.05, 4.69) is 0 Å². The van der Waals surface area contributed by atoms with E-state index < -0.39 is 9.84 Å². The van der Waals surface area contributed by atoms with Crippen LogP contribution in [0.4, 0.5) is 11.4 Å². The van der Waals surface area contributed by atoms with Gasteiger partial charge >= 0.3 is 0 Å². The van der Waals surface area contributed by atoms with Crippen molar-refractivity contribution >= 4 is 21.2 Å². The summed E-state index contributed by atoms with van der Waals surface area (Å²) in [6.45, 7) is 0. The number of sulfone groups is 1. The summed E-state index contributed by atoms with van der Waals surface area (Å²) in [5.41, 5.74) is 7.38. The second-order valence-corrected chi connectivity index (χ2v) is 6.79. The van der Waals surface area contributed by atoms with Gasteiger partial charge in [0.05, 0.1) is 30.0 Å². The molecular formula is C12H18N2O3S. The van der Waals surface area contributed by atoms with Crippen LogP contribution in [0.2, 0.25) is 0 Å². The first-order valence-electron chi connectivity index (χ1n) is 5.80. The van der Waals surface area contributed by atoms with Crippen LogP contribution < -0.4 is 15.4 Å². The van der Waals surface area contributed by atoms with Gasteiger partial charge in [-0.1, -0.05) is 6.07 Å². The lowest BCUT2D eigenvalue weighted by Crippen LogP contribution is -2.33. The second-order valence-electron chi connectivity index (χ2n) is 4.56. The van der Waals surface area contributed by atoms with Crippen LogP contribution in [0.3, 0.4) is 0 Å². The molecule has 0 amide bonds. The first-order valence-corrected chi connectivity index (χ1v) is 7.62. The van der Waals surface area contributed by atoms with Crippen LogP contribution in [-0.2, 0) is 9.84 Å². The van der Waals surface area contributed by atoms with Gasteiger partial charge in [-0.15, -0.1) is 0 Å². The first kappa shape index (κ1) is 13.0. The molecule has 5 nitrogen and oxygen atoms in total. The number of hydrogen-bond acceptors (Lipinski definition) is 5. The maximum atomic E-state index is 11.5. The molecule has 1 aliphatic heterocycles. The van der Waals surface area contributed by atoms with Crippen molar-refractivity contribution in [3.8, 4) is 5.75 Å². The van der Waals surface area contributed by atoms with Gasteiger partial charge in [-0.3, -0.25) is 0 Å². The third-order valence-electron chi connectivity index (χ3n) is 3.40. The van der Waals surface area contributed by atoms with E-state index in [1.54, 1.807) is 13.2 Å². The zero-order valence-corrected chi connectivity index (χ0v) is 11.4. The topological polar surface area (TPSA) is 72.6 Å². The fourth-order valence-corrected chi connectivity index (χ4v) is 4.07. The van der Waals surface area contributed by atoms with Gasteiger partial charge in [0.25, 0.3) is 0 Å². The van der Waals surface area contributed by atoms with Crippen LogP contribution in [0.25, 0.3) is 0 Å². The van der Waals surface area contributed by atoms with Crippen LogP contribution in [0, 0.1) is 0 Å². The molecule has 1 saturated heterocycles. The molecule has 1 fully saturated rings. The van der Waals surface area contributed by atoms with E-state index in [9.17, 15) is 8.42 Å². The molecule has 0 radical (unpaired) electrons. The average molecular weight is 270 g/mol. The van der Waals surface area contributed by atoms with Crippen LogP contribution >= 0.6 is 0 Å². The lowest BCUT2D eigenvalue weighted by atomic mass is 10.1. The predicted octanol–water partition coefficient (Wildman–Crippen LogP) is 0.901. The lowest BCUT2D eigenvalue weighted by Gasteiger charge is -2.27. The van der Waals surface area contributed by atoms with Gasteiger partial charge in [0, 0.05) is 13.1 Å². The number of benzene rings is 1. The number of nitrogens with zero attached hydrogens (tertiary/aromatic N) is 1. The minimum atomic E-state index is -2.89. The number of para-hydroxylation sites is 1. The Balaban J connectivity index is 2.27. The summed E-state index contributed by atoms with van der Waals surface area (Å²) >= 11 is 0. The largest absolute Gasteiger partial charge is 0.495 e. The number of methoxy groups -OCH3 is 1. The van der Waals surface area contributed by atoms with E-state index in [-0.39, 0.29) is 17.5 Å². The van der Waals surface area contributed by atoms with Crippen molar-refractivity contribution in [2.75, 3.05) is 36.3 Å². The third-order valence-corrected chi connectivity index (χ3v) is 5.15. The lowest BCUT2D eigenvalue weighted by molar-refractivity contribution is 0.417. The predicted molar refractivity (Wildman–Crippen MR) is 72.9 cm³/mol.